The Bertz CT molecular complexity index is 1060. The van der Waals surface area contributed by atoms with E-state index < -0.39 is 10.0 Å². The maximum absolute atomic E-state index is 12.6. The van der Waals surface area contributed by atoms with Crippen LogP contribution in [0.25, 0.3) is 0 Å². The average Bonchev–Trinajstić information content (AvgIpc) is 3.41. The molecule has 3 aromatic rings. The number of halogens is 1. The third-order valence-corrected chi connectivity index (χ3v) is 8.66. The molecule has 1 fully saturated rings. The highest BCUT2D eigenvalue weighted by molar-refractivity contribution is 7.98. The van der Waals surface area contributed by atoms with E-state index in [1.54, 1.807) is 35.2 Å². The molecule has 0 spiro atoms. The number of nitrogens with zero attached hydrogens (tertiary/aromatic N) is 3. The summed E-state index contributed by atoms with van der Waals surface area (Å²) in [5.74, 6) is 0.697. The summed E-state index contributed by atoms with van der Waals surface area (Å²) in [5.41, 5.74) is 2.18. The first-order valence-electron chi connectivity index (χ1n) is 9.27. The van der Waals surface area contributed by atoms with Crippen molar-refractivity contribution in [3.63, 3.8) is 0 Å². The summed E-state index contributed by atoms with van der Waals surface area (Å²) in [6.07, 6.45) is 4.10. The van der Waals surface area contributed by atoms with Crippen LogP contribution in [0, 0.1) is 0 Å². The smallest absolute Gasteiger partial charge is 0.244 e. The minimum absolute atomic E-state index is 0.266. The van der Waals surface area contributed by atoms with Crippen LogP contribution in [0.5, 0.6) is 0 Å². The second-order valence-electron chi connectivity index (χ2n) is 6.77. The van der Waals surface area contributed by atoms with Crippen LogP contribution in [0.2, 0.25) is 5.02 Å². The molecule has 0 atom stereocenters. The van der Waals surface area contributed by atoms with Gasteiger partial charge in [0.05, 0.1) is 15.7 Å². The van der Waals surface area contributed by atoms with Gasteiger partial charge in [-0.1, -0.05) is 23.7 Å². The van der Waals surface area contributed by atoms with E-state index in [9.17, 15) is 8.42 Å². The molecule has 152 valence electrons. The maximum atomic E-state index is 12.6. The molecule has 4 rings (SSSR count). The Labute approximate surface area is 184 Å². The van der Waals surface area contributed by atoms with Crippen LogP contribution < -0.4 is 0 Å². The highest BCUT2D eigenvalue weighted by Crippen LogP contribution is 2.26. The summed E-state index contributed by atoms with van der Waals surface area (Å²) in [4.78, 5) is 9.29. The van der Waals surface area contributed by atoms with Gasteiger partial charge in [0.2, 0.25) is 10.0 Å². The largest absolute Gasteiger partial charge is 0.249 e. The lowest BCUT2D eigenvalue weighted by Crippen LogP contribution is -2.27. The number of aromatic nitrogens is 2. The van der Waals surface area contributed by atoms with Gasteiger partial charge in [0.15, 0.2) is 0 Å². The molecule has 1 aliphatic heterocycles. The number of hydrogen-bond acceptors (Lipinski definition) is 6. The fourth-order valence-electron chi connectivity index (χ4n) is 3.10. The maximum Gasteiger partial charge on any atom is 0.244 e. The van der Waals surface area contributed by atoms with Gasteiger partial charge in [-0.05, 0) is 42.7 Å². The quantitative estimate of drug-likeness (QED) is 0.466. The Morgan fingerprint density at radius 3 is 2.55 bits per heavy atom. The van der Waals surface area contributed by atoms with E-state index in [4.69, 9.17) is 11.6 Å². The van der Waals surface area contributed by atoms with Gasteiger partial charge in [-0.25, -0.2) is 18.4 Å². The lowest BCUT2D eigenvalue weighted by molar-refractivity contribution is 0.477. The van der Waals surface area contributed by atoms with Gasteiger partial charge in [0.25, 0.3) is 0 Å². The summed E-state index contributed by atoms with van der Waals surface area (Å²) in [7, 11) is -3.41. The second kappa shape index (κ2) is 9.14. The van der Waals surface area contributed by atoms with Crippen LogP contribution >= 0.6 is 34.7 Å². The summed E-state index contributed by atoms with van der Waals surface area (Å²) in [6, 6.07) is 11.2. The molecular weight excluding hydrogens is 446 g/mol. The molecule has 1 saturated heterocycles. The highest BCUT2D eigenvalue weighted by Gasteiger charge is 2.27. The molecule has 1 aromatic carbocycles. The zero-order chi connectivity index (χ0) is 20.3. The zero-order valence-electron chi connectivity index (χ0n) is 15.6. The van der Waals surface area contributed by atoms with Gasteiger partial charge in [-0.3, -0.25) is 0 Å². The van der Waals surface area contributed by atoms with E-state index in [0.29, 0.717) is 18.8 Å². The summed E-state index contributed by atoms with van der Waals surface area (Å²) < 4.78 is 26.7. The number of thiazole rings is 1. The van der Waals surface area contributed by atoms with Gasteiger partial charge in [-0.15, -0.1) is 23.1 Å². The Morgan fingerprint density at radius 1 is 1.10 bits per heavy atom. The third-order valence-electron chi connectivity index (χ3n) is 4.65. The first kappa shape index (κ1) is 20.8. The van der Waals surface area contributed by atoms with E-state index in [2.05, 4.69) is 15.3 Å². The normalized spacial score (nSPS) is 15.1. The van der Waals surface area contributed by atoms with Crippen molar-refractivity contribution in [3.05, 3.63) is 69.3 Å². The lowest BCUT2D eigenvalue weighted by atomic mass is 10.2. The van der Waals surface area contributed by atoms with Crippen molar-refractivity contribution in [2.24, 2.45) is 0 Å². The van der Waals surface area contributed by atoms with Crippen molar-refractivity contribution in [1.82, 2.24) is 14.3 Å². The number of rotatable bonds is 7. The van der Waals surface area contributed by atoms with Crippen molar-refractivity contribution >= 4 is 44.7 Å². The van der Waals surface area contributed by atoms with E-state index in [-0.39, 0.29) is 4.90 Å². The van der Waals surface area contributed by atoms with Crippen molar-refractivity contribution in [2.45, 2.75) is 34.9 Å². The third kappa shape index (κ3) is 5.19. The molecule has 3 heterocycles. The van der Waals surface area contributed by atoms with E-state index in [1.807, 2.05) is 24.3 Å². The Kier molecular flexibility index (Phi) is 6.56. The minimum atomic E-state index is -3.41. The SMILES string of the molecule is O=S(=O)(c1ccc(SCc2csc(Cc3ccc(Cl)cc3)n2)nc1)N1CCCC1. The van der Waals surface area contributed by atoms with Gasteiger partial charge in [0.1, 0.15) is 4.90 Å². The van der Waals surface area contributed by atoms with Crippen molar-refractivity contribution in [2.75, 3.05) is 13.1 Å². The number of thioether (sulfide) groups is 1. The molecule has 5 nitrogen and oxygen atoms in total. The number of hydrogen-bond donors (Lipinski definition) is 0. The zero-order valence-corrected chi connectivity index (χ0v) is 18.8. The van der Waals surface area contributed by atoms with Crippen LogP contribution in [0.15, 0.2) is 57.9 Å². The van der Waals surface area contributed by atoms with Gasteiger partial charge < -0.3 is 0 Å². The molecular formula is C20H20ClN3O2S3. The summed E-state index contributed by atoms with van der Waals surface area (Å²) in [5, 5.41) is 4.64. The molecule has 1 aliphatic rings. The average molecular weight is 466 g/mol. The first-order valence-corrected chi connectivity index (χ1v) is 13.0. The van der Waals surface area contributed by atoms with E-state index >= 15 is 0 Å². The van der Waals surface area contributed by atoms with E-state index in [1.165, 1.54) is 16.1 Å². The molecule has 0 radical (unpaired) electrons. The molecule has 0 aliphatic carbocycles. The minimum Gasteiger partial charge on any atom is -0.249 e. The van der Waals surface area contributed by atoms with Crippen molar-refractivity contribution in [3.8, 4) is 0 Å². The van der Waals surface area contributed by atoms with Gasteiger partial charge in [-0.2, -0.15) is 4.31 Å². The highest BCUT2D eigenvalue weighted by atomic mass is 35.5. The Balaban J connectivity index is 1.34. The lowest BCUT2D eigenvalue weighted by Gasteiger charge is -2.15. The molecule has 0 unspecified atom stereocenters. The number of benzene rings is 1. The van der Waals surface area contributed by atoms with Gasteiger partial charge in [0, 0.05) is 41.9 Å². The molecule has 9 heteroatoms. The van der Waals surface area contributed by atoms with Crippen LogP contribution in [-0.4, -0.2) is 35.8 Å². The first-order chi connectivity index (χ1) is 14.0. The predicted molar refractivity (Wildman–Crippen MR) is 118 cm³/mol. The number of sulfonamides is 1. The molecule has 0 amide bonds. The van der Waals surface area contributed by atoms with Crippen LogP contribution in [0.4, 0.5) is 0 Å². The van der Waals surface area contributed by atoms with Crippen LogP contribution in [0.3, 0.4) is 0 Å². The molecule has 0 saturated carbocycles. The second-order valence-corrected chi connectivity index (χ2v) is 11.1. The van der Waals surface area contributed by atoms with Crippen molar-refractivity contribution in [1.29, 1.82) is 0 Å². The number of pyridine rings is 1. The fourth-order valence-corrected chi connectivity index (χ4v) is 6.36. The topological polar surface area (TPSA) is 63.2 Å². The van der Waals surface area contributed by atoms with E-state index in [0.717, 1.165) is 40.0 Å². The Morgan fingerprint density at radius 2 is 1.86 bits per heavy atom. The molecule has 2 aromatic heterocycles. The standard InChI is InChI=1S/C20H20ClN3O2S3/c21-16-5-3-15(4-6-16)11-20-23-17(14-28-20)13-27-19-8-7-18(12-22-19)29(25,26)24-9-1-2-10-24/h3-8,12,14H,1-2,9-11,13H2. The molecule has 29 heavy (non-hydrogen) atoms. The summed E-state index contributed by atoms with van der Waals surface area (Å²) in [6.45, 7) is 1.20. The monoisotopic (exact) mass is 465 g/mol. The Hall–Kier alpha value is -1.45. The van der Waals surface area contributed by atoms with Crippen molar-refractivity contribution < 1.29 is 8.42 Å². The van der Waals surface area contributed by atoms with Crippen LogP contribution in [-0.2, 0) is 22.2 Å². The predicted octanol–water partition coefficient (Wildman–Crippen LogP) is 4.86. The molecule has 0 N–H and O–H groups in total. The van der Waals surface area contributed by atoms with Gasteiger partial charge >= 0.3 is 0 Å². The fraction of sp³-hybridized carbons (Fsp3) is 0.300. The van der Waals surface area contributed by atoms with Crippen LogP contribution in [0.1, 0.15) is 29.1 Å². The molecule has 0 bridgehead atoms. The summed E-state index contributed by atoms with van der Waals surface area (Å²) >= 11 is 9.12.